The van der Waals surface area contributed by atoms with Crippen LogP contribution in [0.25, 0.3) is 0 Å². The van der Waals surface area contributed by atoms with Crippen LogP contribution in [0.3, 0.4) is 0 Å². The number of nitrogens with zero attached hydrogens (tertiary/aromatic N) is 1. The van der Waals surface area contributed by atoms with Crippen LogP contribution in [-0.4, -0.2) is 22.2 Å². The first-order chi connectivity index (χ1) is 6.32. The first-order valence-corrected chi connectivity index (χ1v) is 3.94. The molecule has 0 aromatic heterocycles. The molecule has 0 bridgehead atoms. The number of hydrogen-bond acceptors (Lipinski definition) is 3. The summed E-state index contributed by atoms with van der Waals surface area (Å²) in [4.78, 5) is 9.53. The van der Waals surface area contributed by atoms with Crippen LogP contribution in [0.2, 0.25) is 0 Å². The number of alkyl halides is 3. The molecule has 1 aliphatic rings. The lowest BCUT2D eigenvalue weighted by atomic mass is 9.93. The van der Waals surface area contributed by atoms with Crippen LogP contribution in [-0.2, 0) is 0 Å². The van der Waals surface area contributed by atoms with Crippen LogP contribution in [0.4, 0.5) is 13.2 Å². The van der Waals surface area contributed by atoms with Gasteiger partial charge in [0.2, 0.25) is 6.04 Å². The van der Waals surface area contributed by atoms with Crippen molar-refractivity contribution >= 4 is 0 Å². The van der Waals surface area contributed by atoms with Crippen LogP contribution < -0.4 is 0 Å². The Kier molecular flexibility index (Phi) is 2.68. The first kappa shape index (κ1) is 10.8. The Morgan fingerprint density at radius 1 is 1.50 bits per heavy atom. The second-order valence-electron chi connectivity index (χ2n) is 3.10. The van der Waals surface area contributed by atoms with Crippen molar-refractivity contribution in [3.8, 4) is 0 Å². The summed E-state index contributed by atoms with van der Waals surface area (Å²) in [5.74, 6) is -0.768. The van der Waals surface area contributed by atoms with Crippen LogP contribution in [0, 0.1) is 10.1 Å². The molecule has 0 saturated heterocycles. The number of aliphatic hydroxyl groups is 1. The lowest BCUT2D eigenvalue weighted by Gasteiger charge is -2.20. The van der Waals surface area contributed by atoms with E-state index in [4.69, 9.17) is 5.11 Å². The maximum Gasteiger partial charge on any atom is 0.416 e. The molecule has 7 heteroatoms. The van der Waals surface area contributed by atoms with Gasteiger partial charge in [0.15, 0.2) is 0 Å². The van der Waals surface area contributed by atoms with E-state index < -0.39 is 34.9 Å². The number of nitro groups is 1. The lowest BCUT2D eigenvalue weighted by molar-refractivity contribution is -0.524. The van der Waals surface area contributed by atoms with E-state index in [0.717, 1.165) is 0 Å². The van der Waals surface area contributed by atoms with Gasteiger partial charge in [-0.05, 0) is 0 Å². The van der Waals surface area contributed by atoms with Gasteiger partial charge < -0.3 is 5.11 Å². The molecule has 0 fully saturated rings. The number of allylic oxidation sites excluding steroid dienone is 1. The van der Waals surface area contributed by atoms with Crippen molar-refractivity contribution in [2.45, 2.75) is 31.5 Å². The molecule has 80 valence electrons. The molecule has 1 N–H and O–H groups in total. The van der Waals surface area contributed by atoms with Crippen molar-refractivity contribution in [1.29, 1.82) is 0 Å². The second kappa shape index (κ2) is 3.47. The fourth-order valence-corrected chi connectivity index (χ4v) is 1.37. The van der Waals surface area contributed by atoms with Crippen LogP contribution in [0.15, 0.2) is 11.3 Å². The highest BCUT2D eigenvalue weighted by atomic mass is 19.4. The van der Waals surface area contributed by atoms with Crippen molar-refractivity contribution in [3.05, 3.63) is 21.4 Å². The van der Waals surface area contributed by atoms with E-state index in [-0.39, 0.29) is 12.8 Å². The van der Waals surface area contributed by atoms with E-state index in [1.54, 1.807) is 0 Å². The molecule has 1 unspecified atom stereocenters. The molecule has 1 rings (SSSR count). The summed E-state index contributed by atoms with van der Waals surface area (Å²) < 4.78 is 36.6. The summed E-state index contributed by atoms with van der Waals surface area (Å²) in [5, 5.41) is 19.2. The molecule has 0 radical (unpaired) electrons. The minimum absolute atomic E-state index is 0.0432. The van der Waals surface area contributed by atoms with Crippen molar-refractivity contribution in [2.75, 3.05) is 0 Å². The van der Waals surface area contributed by atoms with Gasteiger partial charge in [-0.15, -0.1) is 0 Å². The molecule has 0 aromatic rings. The van der Waals surface area contributed by atoms with E-state index in [0.29, 0.717) is 0 Å². The van der Waals surface area contributed by atoms with Crippen molar-refractivity contribution in [2.24, 2.45) is 0 Å². The zero-order valence-corrected chi connectivity index (χ0v) is 7.04. The predicted octanol–water partition coefficient (Wildman–Crippen LogP) is 2.19. The van der Waals surface area contributed by atoms with E-state index >= 15 is 0 Å². The fraction of sp³-hybridized carbons (Fsp3) is 0.714. The maximum absolute atomic E-state index is 12.2. The highest BCUT2D eigenvalue weighted by Gasteiger charge is 2.43. The van der Waals surface area contributed by atoms with Gasteiger partial charge >= 0.3 is 6.18 Å². The van der Waals surface area contributed by atoms with Crippen molar-refractivity contribution in [1.82, 2.24) is 0 Å². The van der Waals surface area contributed by atoms with Gasteiger partial charge in [0.1, 0.15) is 5.76 Å². The molecular weight excluding hydrogens is 203 g/mol. The van der Waals surface area contributed by atoms with E-state index in [9.17, 15) is 23.3 Å². The third-order valence-electron chi connectivity index (χ3n) is 2.14. The largest absolute Gasteiger partial charge is 0.512 e. The summed E-state index contributed by atoms with van der Waals surface area (Å²) in [6, 6.07) is -1.23. The average Bonchev–Trinajstić information content (AvgIpc) is 2.02. The standard InChI is InChI=1S/C7H8F3NO3/c8-7(9,10)5-3-4(11(13)14)1-2-6(5)12/h4,12H,1-3H2. The molecule has 14 heavy (non-hydrogen) atoms. The van der Waals surface area contributed by atoms with Gasteiger partial charge in [0, 0.05) is 24.2 Å². The Morgan fingerprint density at radius 2 is 2.07 bits per heavy atom. The van der Waals surface area contributed by atoms with Gasteiger partial charge in [0.05, 0.1) is 5.57 Å². The number of hydrogen-bond donors (Lipinski definition) is 1. The van der Waals surface area contributed by atoms with E-state index in [2.05, 4.69) is 0 Å². The predicted molar refractivity (Wildman–Crippen MR) is 40.3 cm³/mol. The zero-order chi connectivity index (χ0) is 10.9. The summed E-state index contributed by atoms with van der Waals surface area (Å²) >= 11 is 0. The highest BCUT2D eigenvalue weighted by Crippen LogP contribution is 2.36. The molecular formula is C7H8F3NO3. The fourth-order valence-electron chi connectivity index (χ4n) is 1.37. The third kappa shape index (κ3) is 2.15. The monoisotopic (exact) mass is 211 g/mol. The summed E-state index contributed by atoms with van der Waals surface area (Å²) in [6.07, 6.45) is -5.72. The summed E-state index contributed by atoms with van der Waals surface area (Å²) in [7, 11) is 0. The Morgan fingerprint density at radius 3 is 2.50 bits per heavy atom. The van der Waals surface area contributed by atoms with Gasteiger partial charge in [-0.2, -0.15) is 13.2 Å². The molecule has 0 heterocycles. The maximum atomic E-state index is 12.2. The van der Waals surface area contributed by atoms with Crippen LogP contribution in [0.1, 0.15) is 19.3 Å². The Hall–Kier alpha value is -1.27. The molecule has 1 aliphatic carbocycles. The van der Waals surface area contributed by atoms with E-state index in [1.807, 2.05) is 0 Å². The zero-order valence-electron chi connectivity index (χ0n) is 7.04. The molecule has 0 aromatic carbocycles. The van der Waals surface area contributed by atoms with Crippen LogP contribution in [0.5, 0.6) is 0 Å². The molecule has 0 saturated carbocycles. The SMILES string of the molecule is O=[N+]([O-])C1CCC(O)=C(C(F)(F)F)C1. The van der Waals surface area contributed by atoms with Gasteiger partial charge in [-0.3, -0.25) is 10.1 Å². The number of halogens is 3. The minimum atomic E-state index is -4.67. The smallest absolute Gasteiger partial charge is 0.416 e. The van der Waals surface area contributed by atoms with E-state index in [1.165, 1.54) is 0 Å². The van der Waals surface area contributed by atoms with Gasteiger partial charge in [0.25, 0.3) is 0 Å². The van der Waals surface area contributed by atoms with Gasteiger partial charge in [-0.25, -0.2) is 0 Å². The van der Waals surface area contributed by atoms with Crippen molar-refractivity contribution < 1.29 is 23.2 Å². The van der Waals surface area contributed by atoms with Gasteiger partial charge in [-0.1, -0.05) is 0 Å². The molecule has 4 nitrogen and oxygen atoms in total. The molecule has 0 aliphatic heterocycles. The second-order valence-corrected chi connectivity index (χ2v) is 3.10. The average molecular weight is 211 g/mol. The Balaban J connectivity index is 2.88. The highest BCUT2D eigenvalue weighted by molar-refractivity contribution is 5.17. The lowest BCUT2D eigenvalue weighted by Crippen LogP contribution is -2.29. The topological polar surface area (TPSA) is 63.4 Å². The normalized spacial score (nSPS) is 23.8. The molecule has 0 spiro atoms. The summed E-state index contributed by atoms with van der Waals surface area (Å²) in [5.41, 5.74) is -1.16. The summed E-state index contributed by atoms with van der Waals surface area (Å²) in [6.45, 7) is 0. The Bertz CT molecular complexity index is 284. The quantitative estimate of drug-likeness (QED) is 0.534. The minimum Gasteiger partial charge on any atom is -0.512 e. The third-order valence-corrected chi connectivity index (χ3v) is 2.14. The number of rotatable bonds is 1. The Labute approximate surface area is 77.2 Å². The van der Waals surface area contributed by atoms with Crippen molar-refractivity contribution in [3.63, 3.8) is 0 Å². The number of aliphatic hydroxyl groups excluding tert-OH is 1. The van der Waals surface area contributed by atoms with Crippen LogP contribution >= 0.6 is 0 Å². The first-order valence-electron chi connectivity index (χ1n) is 3.94. The molecule has 0 amide bonds. The molecule has 1 atom stereocenters.